The molecule has 0 aliphatic carbocycles. The van der Waals surface area contributed by atoms with E-state index < -0.39 is 0 Å². The van der Waals surface area contributed by atoms with Gasteiger partial charge < -0.3 is 9.47 Å². The number of halogens is 1. The molecule has 0 radical (unpaired) electrons. The number of hydrazone groups is 1. The van der Waals surface area contributed by atoms with E-state index in [1.54, 1.807) is 7.11 Å². The van der Waals surface area contributed by atoms with Gasteiger partial charge in [-0.25, -0.2) is 0 Å². The van der Waals surface area contributed by atoms with Crippen molar-refractivity contribution in [2.24, 2.45) is 5.10 Å². The van der Waals surface area contributed by atoms with Gasteiger partial charge in [0.15, 0.2) is 11.5 Å². The number of para-hydroxylation sites is 1. The quantitative estimate of drug-likeness (QED) is 0.377. The van der Waals surface area contributed by atoms with Gasteiger partial charge in [0, 0.05) is 5.56 Å². The van der Waals surface area contributed by atoms with Gasteiger partial charge in [0.2, 0.25) is 0 Å². The molecule has 3 aromatic rings. The van der Waals surface area contributed by atoms with Crippen molar-refractivity contribution in [1.29, 1.82) is 0 Å². The Balaban J connectivity index is 1.79. The highest BCUT2D eigenvalue weighted by molar-refractivity contribution is 9.10. The topological polar surface area (TPSA) is 51.1 Å². The molecule has 3 aromatic carbocycles. The number of methoxy groups -OCH3 is 1. The van der Waals surface area contributed by atoms with Crippen LogP contribution >= 0.6 is 15.9 Å². The fourth-order valence-electron chi connectivity index (χ4n) is 3.43. The molecule has 1 amide bonds. The van der Waals surface area contributed by atoms with E-state index in [0.717, 1.165) is 27.7 Å². The van der Waals surface area contributed by atoms with Gasteiger partial charge in [0.1, 0.15) is 5.71 Å². The molecule has 4 rings (SSSR count). The molecule has 0 fully saturated rings. The van der Waals surface area contributed by atoms with E-state index in [2.05, 4.69) is 21.0 Å². The highest BCUT2D eigenvalue weighted by Gasteiger charge is 2.32. The van der Waals surface area contributed by atoms with E-state index in [0.29, 0.717) is 29.4 Å². The second kappa shape index (κ2) is 9.83. The van der Waals surface area contributed by atoms with Crippen LogP contribution in [0.25, 0.3) is 6.08 Å². The molecule has 162 valence electrons. The third-order valence-electron chi connectivity index (χ3n) is 4.94. The van der Waals surface area contributed by atoms with E-state index in [-0.39, 0.29) is 5.91 Å². The molecule has 0 spiro atoms. The van der Waals surface area contributed by atoms with Crippen molar-refractivity contribution in [3.63, 3.8) is 0 Å². The summed E-state index contributed by atoms with van der Waals surface area (Å²) >= 11 is 3.58. The second-order valence-corrected chi connectivity index (χ2v) is 8.06. The predicted molar refractivity (Wildman–Crippen MR) is 131 cm³/mol. The average Bonchev–Trinajstić information content (AvgIpc) is 3.15. The summed E-state index contributed by atoms with van der Waals surface area (Å²) in [5, 5.41) is 6.12. The minimum atomic E-state index is -0.184. The maximum absolute atomic E-state index is 13.4. The molecule has 1 heterocycles. The first kappa shape index (κ1) is 21.8. The molecule has 1 aliphatic rings. The summed E-state index contributed by atoms with van der Waals surface area (Å²) in [6.07, 6.45) is 2.73. The summed E-state index contributed by atoms with van der Waals surface area (Å²) in [4.78, 5) is 13.4. The number of hydrogen-bond acceptors (Lipinski definition) is 4. The van der Waals surface area contributed by atoms with Gasteiger partial charge in [-0.3, -0.25) is 4.79 Å². The van der Waals surface area contributed by atoms with E-state index in [4.69, 9.17) is 9.47 Å². The normalized spacial score (nSPS) is 14.6. The molecule has 0 N–H and O–H groups in total. The second-order valence-electron chi connectivity index (χ2n) is 7.21. The fraction of sp³-hybridized carbons (Fsp3) is 0.154. The van der Waals surface area contributed by atoms with Crippen LogP contribution in [0.15, 0.2) is 87.9 Å². The molecular formula is C26H23BrN2O3. The Morgan fingerprint density at radius 3 is 2.38 bits per heavy atom. The van der Waals surface area contributed by atoms with Gasteiger partial charge in [-0.05, 0) is 58.3 Å². The van der Waals surface area contributed by atoms with E-state index in [1.165, 1.54) is 5.01 Å². The van der Waals surface area contributed by atoms with Gasteiger partial charge in [0.25, 0.3) is 5.91 Å². The maximum Gasteiger partial charge on any atom is 0.281 e. The van der Waals surface area contributed by atoms with Crippen molar-refractivity contribution in [2.45, 2.75) is 13.3 Å². The summed E-state index contributed by atoms with van der Waals surface area (Å²) in [5.74, 6) is 1.07. The Morgan fingerprint density at radius 1 is 1.03 bits per heavy atom. The molecule has 32 heavy (non-hydrogen) atoms. The van der Waals surface area contributed by atoms with Crippen molar-refractivity contribution in [1.82, 2.24) is 0 Å². The molecule has 0 unspecified atom stereocenters. The summed E-state index contributed by atoms with van der Waals surface area (Å²) < 4.78 is 12.1. The maximum atomic E-state index is 13.4. The van der Waals surface area contributed by atoms with Crippen molar-refractivity contribution >= 4 is 39.3 Å². The number of ether oxygens (including phenoxy) is 2. The van der Waals surface area contributed by atoms with Crippen LogP contribution in [-0.4, -0.2) is 25.3 Å². The summed E-state index contributed by atoms with van der Waals surface area (Å²) in [6.45, 7) is 2.64. The Labute approximate surface area is 196 Å². The van der Waals surface area contributed by atoms with Crippen molar-refractivity contribution in [2.75, 3.05) is 18.7 Å². The lowest BCUT2D eigenvalue weighted by molar-refractivity contribution is -0.114. The highest BCUT2D eigenvalue weighted by Crippen LogP contribution is 2.38. The Hall–Kier alpha value is -3.38. The fourth-order valence-corrected chi connectivity index (χ4v) is 4.01. The van der Waals surface area contributed by atoms with Crippen LogP contribution < -0.4 is 14.5 Å². The third-order valence-corrected chi connectivity index (χ3v) is 5.53. The van der Waals surface area contributed by atoms with Crippen LogP contribution in [0.4, 0.5) is 5.69 Å². The van der Waals surface area contributed by atoms with Crippen LogP contribution in [0.2, 0.25) is 0 Å². The first-order valence-electron chi connectivity index (χ1n) is 10.4. The Kier molecular flexibility index (Phi) is 6.71. The number of amides is 1. The number of anilines is 1. The molecule has 1 aliphatic heterocycles. The van der Waals surface area contributed by atoms with Crippen LogP contribution in [0.1, 0.15) is 24.5 Å². The monoisotopic (exact) mass is 490 g/mol. The van der Waals surface area contributed by atoms with Gasteiger partial charge in [-0.15, -0.1) is 0 Å². The van der Waals surface area contributed by atoms with Crippen LogP contribution in [-0.2, 0) is 4.79 Å². The number of carbonyl (C=O) groups is 1. The van der Waals surface area contributed by atoms with Crippen LogP contribution in [0.3, 0.4) is 0 Å². The first-order valence-corrected chi connectivity index (χ1v) is 11.2. The lowest BCUT2D eigenvalue weighted by Gasteiger charge is -2.13. The number of benzene rings is 3. The van der Waals surface area contributed by atoms with Gasteiger partial charge in [-0.1, -0.05) is 55.5 Å². The SMILES string of the molecule is CCCOc1c(Br)cc(/C=C2\C(=O)N(c3ccccc3)N=C2c2ccccc2)cc1OC. The molecule has 0 saturated carbocycles. The van der Waals surface area contributed by atoms with Crippen molar-refractivity contribution in [3.05, 3.63) is 94.0 Å². The minimum absolute atomic E-state index is 0.184. The number of nitrogens with zero attached hydrogens (tertiary/aromatic N) is 2. The molecule has 0 aromatic heterocycles. The Morgan fingerprint density at radius 2 is 1.72 bits per heavy atom. The minimum Gasteiger partial charge on any atom is -0.493 e. The first-order chi connectivity index (χ1) is 15.6. The zero-order valence-electron chi connectivity index (χ0n) is 17.9. The van der Waals surface area contributed by atoms with E-state index in [9.17, 15) is 4.79 Å². The highest BCUT2D eigenvalue weighted by atomic mass is 79.9. The smallest absolute Gasteiger partial charge is 0.281 e. The summed E-state index contributed by atoms with van der Waals surface area (Å²) in [6, 6.07) is 22.9. The number of carbonyl (C=O) groups excluding carboxylic acids is 1. The van der Waals surface area contributed by atoms with E-state index >= 15 is 0 Å². The van der Waals surface area contributed by atoms with Crippen molar-refractivity contribution in [3.8, 4) is 11.5 Å². The lowest BCUT2D eigenvalue weighted by atomic mass is 10.00. The largest absolute Gasteiger partial charge is 0.493 e. The average molecular weight is 491 g/mol. The predicted octanol–water partition coefficient (Wildman–Crippen LogP) is 6.08. The molecule has 6 heteroatoms. The van der Waals surface area contributed by atoms with Gasteiger partial charge in [0.05, 0.1) is 29.4 Å². The van der Waals surface area contributed by atoms with Gasteiger partial charge >= 0.3 is 0 Å². The van der Waals surface area contributed by atoms with Crippen LogP contribution in [0, 0.1) is 0 Å². The van der Waals surface area contributed by atoms with Crippen LogP contribution in [0.5, 0.6) is 11.5 Å². The molecule has 0 bridgehead atoms. The third kappa shape index (κ3) is 4.46. The van der Waals surface area contributed by atoms with Gasteiger partial charge in [-0.2, -0.15) is 10.1 Å². The molecule has 0 saturated heterocycles. The zero-order chi connectivity index (χ0) is 22.5. The van der Waals surface area contributed by atoms with Crippen molar-refractivity contribution < 1.29 is 14.3 Å². The molecule has 0 atom stereocenters. The lowest BCUT2D eigenvalue weighted by Crippen LogP contribution is -2.21. The number of rotatable bonds is 7. The summed E-state index contributed by atoms with van der Waals surface area (Å²) in [5.41, 5.74) is 3.53. The zero-order valence-corrected chi connectivity index (χ0v) is 19.5. The Bertz CT molecular complexity index is 1170. The summed E-state index contributed by atoms with van der Waals surface area (Å²) in [7, 11) is 1.60. The standard InChI is InChI=1S/C26H23BrN2O3/c1-3-14-32-25-22(27)16-18(17-23(25)31-2)15-21-24(19-10-6-4-7-11-19)28-29(26(21)30)20-12-8-5-9-13-20/h4-13,15-17H,3,14H2,1-2H3/b21-15-. The molecular weight excluding hydrogens is 468 g/mol. The molecule has 5 nitrogen and oxygen atoms in total. The number of hydrogen-bond donors (Lipinski definition) is 0. The van der Waals surface area contributed by atoms with E-state index in [1.807, 2.05) is 85.8 Å².